The first kappa shape index (κ1) is 21.0. The SMILES string of the molecule is CC1(C)C(Cc2cc(COc3ccccc3)on2)CC1NC(=O)COc1ccccc1. The highest BCUT2D eigenvalue weighted by molar-refractivity contribution is 5.78. The largest absolute Gasteiger partial charge is 0.486 e. The highest BCUT2D eigenvalue weighted by Crippen LogP contribution is 2.47. The number of hydrogen-bond donors (Lipinski definition) is 1. The van der Waals surface area contributed by atoms with Gasteiger partial charge < -0.3 is 19.3 Å². The fourth-order valence-corrected chi connectivity index (χ4v) is 3.95. The Morgan fingerprint density at radius 1 is 1.06 bits per heavy atom. The second-order valence-electron chi connectivity index (χ2n) is 8.57. The van der Waals surface area contributed by atoms with Crippen molar-refractivity contribution >= 4 is 5.91 Å². The molecule has 0 saturated heterocycles. The van der Waals surface area contributed by atoms with Gasteiger partial charge in [0.1, 0.15) is 18.1 Å². The van der Waals surface area contributed by atoms with Gasteiger partial charge in [0.2, 0.25) is 0 Å². The van der Waals surface area contributed by atoms with E-state index in [1.165, 1.54) is 0 Å². The highest BCUT2D eigenvalue weighted by atomic mass is 16.5. The molecule has 31 heavy (non-hydrogen) atoms. The predicted molar refractivity (Wildman–Crippen MR) is 117 cm³/mol. The Labute approximate surface area is 182 Å². The number of aromatic nitrogens is 1. The maximum Gasteiger partial charge on any atom is 0.258 e. The van der Waals surface area contributed by atoms with E-state index in [4.69, 9.17) is 14.0 Å². The van der Waals surface area contributed by atoms with Gasteiger partial charge >= 0.3 is 0 Å². The summed E-state index contributed by atoms with van der Waals surface area (Å²) >= 11 is 0. The predicted octanol–water partition coefficient (Wildman–Crippen LogP) is 4.41. The molecule has 0 bridgehead atoms. The van der Waals surface area contributed by atoms with Crippen molar-refractivity contribution in [2.75, 3.05) is 6.61 Å². The molecule has 1 N–H and O–H groups in total. The monoisotopic (exact) mass is 420 g/mol. The molecule has 2 unspecified atom stereocenters. The summed E-state index contributed by atoms with van der Waals surface area (Å²) < 4.78 is 16.7. The van der Waals surface area contributed by atoms with Gasteiger partial charge in [0, 0.05) is 12.1 Å². The first-order chi connectivity index (χ1) is 15.0. The molecule has 2 atom stereocenters. The maximum atomic E-state index is 12.3. The fraction of sp³-hybridized carbons (Fsp3) is 0.360. The van der Waals surface area contributed by atoms with Gasteiger partial charge in [-0.15, -0.1) is 0 Å². The van der Waals surface area contributed by atoms with Crippen molar-refractivity contribution < 1.29 is 18.8 Å². The topological polar surface area (TPSA) is 73.6 Å². The van der Waals surface area contributed by atoms with Crippen molar-refractivity contribution in [3.63, 3.8) is 0 Å². The van der Waals surface area contributed by atoms with Gasteiger partial charge in [-0.05, 0) is 48.4 Å². The van der Waals surface area contributed by atoms with Crippen molar-refractivity contribution in [1.29, 1.82) is 0 Å². The number of rotatable bonds is 9. The van der Waals surface area contributed by atoms with Crippen molar-refractivity contribution in [2.24, 2.45) is 11.3 Å². The summed E-state index contributed by atoms with van der Waals surface area (Å²) in [5, 5.41) is 7.31. The van der Waals surface area contributed by atoms with E-state index in [9.17, 15) is 4.79 Å². The molecule has 1 saturated carbocycles. The third-order valence-electron chi connectivity index (χ3n) is 6.11. The zero-order chi connectivity index (χ0) is 21.7. The lowest BCUT2D eigenvalue weighted by Crippen LogP contribution is -2.59. The summed E-state index contributed by atoms with van der Waals surface area (Å²) in [4.78, 5) is 12.3. The normalized spacial score (nSPS) is 19.3. The first-order valence-corrected chi connectivity index (χ1v) is 10.6. The van der Waals surface area contributed by atoms with Crippen LogP contribution in [0.25, 0.3) is 0 Å². The number of nitrogens with one attached hydrogen (secondary N) is 1. The summed E-state index contributed by atoms with van der Waals surface area (Å²) in [6, 6.07) is 21.1. The highest BCUT2D eigenvalue weighted by Gasteiger charge is 2.48. The molecule has 0 spiro atoms. The van der Waals surface area contributed by atoms with Gasteiger partial charge in [-0.2, -0.15) is 0 Å². The van der Waals surface area contributed by atoms with Crippen LogP contribution in [0, 0.1) is 11.3 Å². The zero-order valence-corrected chi connectivity index (χ0v) is 17.9. The van der Waals surface area contributed by atoms with E-state index in [1.807, 2.05) is 66.7 Å². The number of hydrogen-bond acceptors (Lipinski definition) is 5. The van der Waals surface area contributed by atoms with E-state index < -0.39 is 0 Å². The van der Waals surface area contributed by atoms with E-state index in [-0.39, 0.29) is 24.0 Å². The number of nitrogens with zero attached hydrogens (tertiary/aromatic N) is 1. The van der Waals surface area contributed by atoms with Crippen molar-refractivity contribution in [3.05, 3.63) is 78.2 Å². The Kier molecular flexibility index (Phi) is 6.26. The van der Waals surface area contributed by atoms with Crippen LogP contribution in [0.2, 0.25) is 0 Å². The molecular weight excluding hydrogens is 392 g/mol. The zero-order valence-electron chi connectivity index (χ0n) is 17.9. The van der Waals surface area contributed by atoms with E-state index in [0.717, 1.165) is 24.3 Å². The molecule has 6 nitrogen and oxygen atoms in total. The van der Waals surface area contributed by atoms with Gasteiger partial charge in [0.15, 0.2) is 12.4 Å². The molecule has 2 aromatic carbocycles. The quantitative estimate of drug-likeness (QED) is 0.555. The van der Waals surface area contributed by atoms with E-state index in [0.29, 0.717) is 24.0 Å². The second-order valence-corrected chi connectivity index (χ2v) is 8.57. The summed E-state index contributed by atoms with van der Waals surface area (Å²) in [6.07, 6.45) is 1.72. The van der Waals surface area contributed by atoms with E-state index in [2.05, 4.69) is 24.3 Å². The summed E-state index contributed by atoms with van der Waals surface area (Å²) in [5.74, 6) is 2.53. The van der Waals surface area contributed by atoms with Crippen LogP contribution < -0.4 is 14.8 Å². The van der Waals surface area contributed by atoms with E-state index >= 15 is 0 Å². The lowest BCUT2D eigenvalue weighted by molar-refractivity contribution is -0.127. The Bertz CT molecular complexity index is 985. The molecule has 162 valence electrons. The number of carbonyl (C=O) groups is 1. The van der Waals surface area contributed by atoms with Crippen LogP contribution in [-0.4, -0.2) is 23.7 Å². The average Bonchev–Trinajstić information content (AvgIpc) is 3.24. The Hall–Kier alpha value is -3.28. The molecule has 1 fully saturated rings. The van der Waals surface area contributed by atoms with Crippen LogP contribution in [0.1, 0.15) is 31.7 Å². The van der Waals surface area contributed by atoms with Gasteiger partial charge in [-0.1, -0.05) is 55.4 Å². The van der Waals surface area contributed by atoms with Crippen molar-refractivity contribution in [1.82, 2.24) is 10.5 Å². The number of carbonyl (C=O) groups excluding carboxylic acids is 1. The standard InChI is InChI=1S/C25H28N2O4/c1-25(2)18(14-23(25)26-24(28)17-30-21-11-7-4-8-12-21)13-19-15-22(31-27-19)16-29-20-9-5-3-6-10-20/h3-12,15,18,23H,13-14,16-17H2,1-2H3,(H,26,28). The summed E-state index contributed by atoms with van der Waals surface area (Å²) in [7, 11) is 0. The Morgan fingerprint density at radius 2 is 1.71 bits per heavy atom. The third kappa shape index (κ3) is 5.26. The lowest BCUT2D eigenvalue weighted by Gasteiger charge is -2.52. The van der Waals surface area contributed by atoms with Gasteiger partial charge in [0.05, 0.1) is 5.69 Å². The Balaban J connectivity index is 1.23. The second kappa shape index (κ2) is 9.25. The molecule has 0 radical (unpaired) electrons. The van der Waals surface area contributed by atoms with Crippen LogP contribution in [0.4, 0.5) is 0 Å². The molecule has 1 aromatic heterocycles. The first-order valence-electron chi connectivity index (χ1n) is 10.6. The third-order valence-corrected chi connectivity index (χ3v) is 6.11. The molecule has 0 aliphatic heterocycles. The molecule has 1 aliphatic rings. The van der Waals surface area contributed by atoms with Crippen LogP contribution >= 0.6 is 0 Å². The molecule has 1 heterocycles. The van der Waals surface area contributed by atoms with Crippen molar-refractivity contribution in [2.45, 2.75) is 39.3 Å². The minimum absolute atomic E-state index is 0.0231. The molecule has 1 aliphatic carbocycles. The maximum absolute atomic E-state index is 12.3. The van der Waals surface area contributed by atoms with Gasteiger partial charge in [0.25, 0.3) is 5.91 Å². The minimum atomic E-state index is -0.0952. The summed E-state index contributed by atoms with van der Waals surface area (Å²) in [6.45, 7) is 4.74. The van der Waals surface area contributed by atoms with Gasteiger partial charge in [-0.25, -0.2) is 0 Å². The van der Waals surface area contributed by atoms with Crippen LogP contribution in [-0.2, 0) is 17.8 Å². The van der Waals surface area contributed by atoms with E-state index in [1.54, 1.807) is 0 Å². The fourth-order valence-electron chi connectivity index (χ4n) is 3.95. The molecule has 4 rings (SSSR count). The average molecular weight is 421 g/mol. The summed E-state index contributed by atoms with van der Waals surface area (Å²) in [5.41, 5.74) is 0.893. The molecule has 1 amide bonds. The van der Waals surface area contributed by atoms with Crippen LogP contribution in [0.5, 0.6) is 11.5 Å². The number of ether oxygens (including phenoxy) is 2. The van der Waals surface area contributed by atoms with Crippen molar-refractivity contribution in [3.8, 4) is 11.5 Å². The Morgan fingerprint density at radius 3 is 2.35 bits per heavy atom. The molecule has 6 heteroatoms. The molecule has 3 aromatic rings. The van der Waals surface area contributed by atoms with Crippen LogP contribution in [0.15, 0.2) is 71.3 Å². The lowest BCUT2D eigenvalue weighted by atomic mass is 9.57. The molecular formula is C25H28N2O4. The number of benzene rings is 2. The number of amides is 1. The van der Waals surface area contributed by atoms with Crippen LogP contribution in [0.3, 0.4) is 0 Å². The smallest absolute Gasteiger partial charge is 0.258 e. The number of para-hydroxylation sites is 2. The van der Waals surface area contributed by atoms with Gasteiger partial charge in [-0.3, -0.25) is 4.79 Å². The minimum Gasteiger partial charge on any atom is -0.486 e.